The highest BCUT2D eigenvalue weighted by molar-refractivity contribution is 5.91. The van der Waals surface area contributed by atoms with Crippen molar-refractivity contribution in [1.82, 2.24) is 10.2 Å². The zero-order valence-electron chi connectivity index (χ0n) is 14.2. The summed E-state index contributed by atoms with van der Waals surface area (Å²) in [7, 11) is 1.62. The highest BCUT2D eigenvalue weighted by Crippen LogP contribution is 2.21. The molecular formula is C19H22N2O4. The van der Waals surface area contributed by atoms with Crippen LogP contribution in [0.2, 0.25) is 0 Å². The molecule has 0 bridgehead atoms. The second-order valence-corrected chi connectivity index (χ2v) is 6.07. The molecule has 0 unspecified atom stereocenters. The van der Waals surface area contributed by atoms with Crippen molar-refractivity contribution in [3.05, 3.63) is 54.0 Å². The second-order valence-electron chi connectivity index (χ2n) is 6.07. The molecule has 0 spiro atoms. The summed E-state index contributed by atoms with van der Waals surface area (Å²) in [5.41, 5.74) is 0.948. The van der Waals surface area contributed by atoms with Crippen molar-refractivity contribution >= 4 is 11.8 Å². The molecule has 1 saturated heterocycles. The quantitative estimate of drug-likeness (QED) is 0.906. The minimum Gasteiger partial charge on any atom is -0.496 e. The molecule has 25 heavy (non-hydrogen) atoms. The van der Waals surface area contributed by atoms with Crippen LogP contribution in [0.3, 0.4) is 0 Å². The maximum Gasteiger partial charge on any atom is 0.289 e. The van der Waals surface area contributed by atoms with Gasteiger partial charge in [0.1, 0.15) is 5.75 Å². The van der Waals surface area contributed by atoms with E-state index in [-0.39, 0.29) is 17.7 Å². The summed E-state index contributed by atoms with van der Waals surface area (Å²) in [5, 5.41) is 2.97. The number of para-hydroxylation sites is 1. The van der Waals surface area contributed by atoms with Crippen LogP contribution in [0.5, 0.6) is 5.75 Å². The maximum absolute atomic E-state index is 12.4. The van der Waals surface area contributed by atoms with Gasteiger partial charge in [0, 0.05) is 31.1 Å². The van der Waals surface area contributed by atoms with Crippen molar-refractivity contribution in [2.45, 2.75) is 19.4 Å². The molecule has 1 fully saturated rings. The number of ether oxygens (including phenoxy) is 1. The Bertz CT molecular complexity index is 719. The standard InChI is InChI=1S/C19H22N2O4/c1-24-16-6-3-2-5-15(16)13-20-18(22)14-8-10-21(11-9-14)19(23)17-7-4-12-25-17/h2-7,12,14H,8-11,13H2,1H3,(H,20,22). The first-order chi connectivity index (χ1) is 12.2. The summed E-state index contributed by atoms with van der Waals surface area (Å²) in [6.07, 6.45) is 2.81. The lowest BCUT2D eigenvalue weighted by molar-refractivity contribution is -0.126. The van der Waals surface area contributed by atoms with E-state index in [1.807, 2.05) is 24.3 Å². The number of amides is 2. The van der Waals surface area contributed by atoms with Gasteiger partial charge in [-0.3, -0.25) is 9.59 Å². The molecule has 2 amide bonds. The van der Waals surface area contributed by atoms with Gasteiger partial charge in [-0.25, -0.2) is 0 Å². The molecular weight excluding hydrogens is 320 g/mol. The van der Waals surface area contributed by atoms with Crippen molar-refractivity contribution in [3.8, 4) is 5.75 Å². The molecule has 6 heteroatoms. The van der Waals surface area contributed by atoms with E-state index in [1.165, 1.54) is 6.26 Å². The number of nitrogens with one attached hydrogen (secondary N) is 1. The van der Waals surface area contributed by atoms with Crippen LogP contribution in [0.4, 0.5) is 0 Å². The van der Waals surface area contributed by atoms with E-state index in [2.05, 4.69) is 5.32 Å². The zero-order valence-corrected chi connectivity index (χ0v) is 14.2. The predicted octanol–water partition coefficient (Wildman–Crippen LogP) is 2.46. The largest absolute Gasteiger partial charge is 0.496 e. The molecule has 1 aromatic heterocycles. The minimum absolute atomic E-state index is 0.0241. The number of rotatable bonds is 5. The number of piperidine rings is 1. The molecule has 0 atom stereocenters. The van der Waals surface area contributed by atoms with Gasteiger partial charge in [-0.2, -0.15) is 0 Å². The molecule has 1 aliphatic heterocycles. The molecule has 6 nitrogen and oxygen atoms in total. The number of hydrogen-bond acceptors (Lipinski definition) is 4. The Labute approximate surface area is 146 Å². The highest BCUT2D eigenvalue weighted by atomic mass is 16.5. The van der Waals surface area contributed by atoms with E-state index < -0.39 is 0 Å². The van der Waals surface area contributed by atoms with E-state index in [0.717, 1.165) is 11.3 Å². The van der Waals surface area contributed by atoms with Crippen molar-refractivity contribution in [2.24, 2.45) is 5.92 Å². The maximum atomic E-state index is 12.4. The zero-order chi connectivity index (χ0) is 17.6. The van der Waals surface area contributed by atoms with Crippen LogP contribution < -0.4 is 10.1 Å². The number of carbonyl (C=O) groups excluding carboxylic acids is 2. The van der Waals surface area contributed by atoms with Gasteiger partial charge in [-0.05, 0) is 31.0 Å². The van der Waals surface area contributed by atoms with Gasteiger partial charge in [-0.15, -0.1) is 0 Å². The summed E-state index contributed by atoms with van der Waals surface area (Å²) < 4.78 is 10.4. The van der Waals surface area contributed by atoms with Gasteiger partial charge < -0.3 is 19.4 Å². The molecule has 2 heterocycles. The number of hydrogen-bond donors (Lipinski definition) is 1. The summed E-state index contributed by atoms with van der Waals surface area (Å²) >= 11 is 0. The van der Waals surface area contributed by atoms with Gasteiger partial charge in [0.05, 0.1) is 13.4 Å². The number of nitrogens with zero attached hydrogens (tertiary/aromatic N) is 1. The smallest absolute Gasteiger partial charge is 0.289 e. The van der Waals surface area contributed by atoms with Gasteiger partial charge >= 0.3 is 0 Å². The Kier molecular flexibility index (Phi) is 5.38. The first-order valence-corrected chi connectivity index (χ1v) is 8.41. The summed E-state index contributed by atoms with van der Waals surface area (Å²) in [4.78, 5) is 26.4. The Balaban J connectivity index is 1.49. The van der Waals surface area contributed by atoms with Crippen LogP contribution in [-0.2, 0) is 11.3 Å². The third-order valence-electron chi connectivity index (χ3n) is 4.53. The molecule has 1 N–H and O–H groups in total. The normalized spacial score (nSPS) is 15.0. The van der Waals surface area contributed by atoms with Crippen LogP contribution in [0, 0.1) is 5.92 Å². The van der Waals surface area contributed by atoms with Crippen molar-refractivity contribution in [2.75, 3.05) is 20.2 Å². The number of furan rings is 1. The van der Waals surface area contributed by atoms with Gasteiger partial charge in [0.2, 0.25) is 5.91 Å². The van der Waals surface area contributed by atoms with E-state index in [0.29, 0.717) is 38.2 Å². The van der Waals surface area contributed by atoms with Crippen LogP contribution in [0.25, 0.3) is 0 Å². The van der Waals surface area contributed by atoms with Gasteiger partial charge in [0.25, 0.3) is 5.91 Å². The second kappa shape index (κ2) is 7.88. The summed E-state index contributed by atoms with van der Waals surface area (Å²) in [6, 6.07) is 11.0. The van der Waals surface area contributed by atoms with E-state index in [1.54, 1.807) is 24.1 Å². The highest BCUT2D eigenvalue weighted by Gasteiger charge is 2.28. The summed E-state index contributed by atoms with van der Waals surface area (Å²) in [5.74, 6) is 0.949. The average molecular weight is 342 g/mol. The van der Waals surface area contributed by atoms with Crippen LogP contribution in [0.1, 0.15) is 29.0 Å². The Morgan fingerprint density at radius 1 is 1.20 bits per heavy atom. The van der Waals surface area contributed by atoms with E-state index in [4.69, 9.17) is 9.15 Å². The van der Waals surface area contributed by atoms with Crippen LogP contribution in [-0.4, -0.2) is 36.9 Å². The predicted molar refractivity (Wildman–Crippen MR) is 92.2 cm³/mol. The Morgan fingerprint density at radius 2 is 1.96 bits per heavy atom. The average Bonchev–Trinajstić information content (AvgIpc) is 3.20. The fourth-order valence-corrected chi connectivity index (χ4v) is 3.08. The third kappa shape index (κ3) is 4.02. The molecule has 3 rings (SSSR count). The first-order valence-electron chi connectivity index (χ1n) is 8.41. The molecule has 1 aromatic carbocycles. The fourth-order valence-electron chi connectivity index (χ4n) is 3.08. The molecule has 2 aromatic rings. The van der Waals surface area contributed by atoms with Crippen LogP contribution in [0.15, 0.2) is 47.1 Å². The topological polar surface area (TPSA) is 71.8 Å². The molecule has 132 valence electrons. The van der Waals surface area contributed by atoms with Crippen molar-refractivity contribution < 1.29 is 18.7 Å². The fraction of sp³-hybridized carbons (Fsp3) is 0.368. The molecule has 0 aliphatic carbocycles. The Hall–Kier alpha value is -2.76. The monoisotopic (exact) mass is 342 g/mol. The molecule has 1 aliphatic rings. The Morgan fingerprint density at radius 3 is 2.64 bits per heavy atom. The van der Waals surface area contributed by atoms with Crippen molar-refractivity contribution in [1.29, 1.82) is 0 Å². The lowest BCUT2D eigenvalue weighted by Gasteiger charge is -2.30. The number of methoxy groups -OCH3 is 1. The summed E-state index contributed by atoms with van der Waals surface area (Å²) in [6.45, 7) is 1.56. The molecule has 0 radical (unpaired) electrons. The van der Waals surface area contributed by atoms with Crippen molar-refractivity contribution in [3.63, 3.8) is 0 Å². The lowest BCUT2D eigenvalue weighted by atomic mass is 9.95. The number of carbonyl (C=O) groups is 2. The number of benzene rings is 1. The molecule has 0 saturated carbocycles. The lowest BCUT2D eigenvalue weighted by Crippen LogP contribution is -2.42. The van der Waals surface area contributed by atoms with Gasteiger partial charge in [-0.1, -0.05) is 18.2 Å². The third-order valence-corrected chi connectivity index (χ3v) is 4.53. The van der Waals surface area contributed by atoms with Gasteiger partial charge in [0.15, 0.2) is 5.76 Å². The SMILES string of the molecule is COc1ccccc1CNC(=O)C1CCN(C(=O)c2ccco2)CC1. The minimum atomic E-state index is -0.113. The van der Waals surface area contributed by atoms with E-state index in [9.17, 15) is 9.59 Å². The first kappa shape index (κ1) is 17.1. The van der Waals surface area contributed by atoms with E-state index >= 15 is 0 Å². The number of likely N-dealkylation sites (tertiary alicyclic amines) is 1. The van der Waals surface area contributed by atoms with Crippen LogP contribution >= 0.6 is 0 Å².